The van der Waals surface area contributed by atoms with E-state index in [0.29, 0.717) is 6.71 Å². The van der Waals surface area contributed by atoms with E-state index in [9.17, 15) is 0 Å². The fourth-order valence-electron chi connectivity index (χ4n) is 4.36. The monoisotopic (exact) mass is 334 g/mol. The summed E-state index contributed by atoms with van der Waals surface area (Å²) in [5, 5.41) is 0.100. The molecule has 1 heteroatoms. The summed E-state index contributed by atoms with van der Waals surface area (Å²) in [6.07, 6.45) is 2.37. The Morgan fingerprint density at radius 1 is 0.840 bits per heavy atom. The number of rotatable bonds is 6. The summed E-state index contributed by atoms with van der Waals surface area (Å²) >= 11 is 0. The molecule has 25 heavy (non-hydrogen) atoms. The molecule has 0 aliphatic carbocycles. The zero-order valence-electron chi connectivity index (χ0n) is 17.5. The Kier molecular flexibility index (Phi) is 5.87. The van der Waals surface area contributed by atoms with Crippen LogP contribution in [0, 0.1) is 13.8 Å². The first kappa shape index (κ1) is 19.8. The van der Waals surface area contributed by atoms with Crippen LogP contribution in [0.25, 0.3) is 0 Å². The van der Waals surface area contributed by atoms with Crippen molar-refractivity contribution in [2.24, 2.45) is 0 Å². The van der Waals surface area contributed by atoms with Gasteiger partial charge in [0.25, 0.3) is 0 Å². The summed E-state index contributed by atoms with van der Waals surface area (Å²) < 4.78 is 0. The average Bonchev–Trinajstić information content (AvgIpc) is 2.60. The maximum atomic E-state index is 2.45. The van der Waals surface area contributed by atoms with Crippen molar-refractivity contribution in [2.75, 3.05) is 0 Å². The van der Waals surface area contributed by atoms with Gasteiger partial charge < -0.3 is 0 Å². The minimum absolute atomic E-state index is 0.100. The van der Waals surface area contributed by atoms with E-state index in [1.165, 1.54) is 40.6 Å². The highest BCUT2D eigenvalue weighted by molar-refractivity contribution is 6.74. The molecule has 0 atom stereocenters. The van der Waals surface area contributed by atoms with Gasteiger partial charge in [-0.2, -0.15) is 0 Å². The van der Waals surface area contributed by atoms with E-state index in [2.05, 4.69) is 97.8 Å². The normalized spacial score (nSPS) is 12.3. The molecule has 0 saturated carbocycles. The molecule has 134 valence electrons. The molecule has 2 aromatic rings. The summed E-state index contributed by atoms with van der Waals surface area (Å²) in [6, 6.07) is 15.8. The zero-order chi connectivity index (χ0) is 18.8. The molecule has 0 heterocycles. The van der Waals surface area contributed by atoms with Crippen molar-refractivity contribution >= 4 is 12.2 Å². The minimum Gasteiger partial charge on any atom is -0.0810 e. The van der Waals surface area contributed by atoms with E-state index < -0.39 is 0 Å². The van der Waals surface area contributed by atoms with Crippen LogP contribution >= 0.6 is 0 Å². The smallest absolute Gasteiger partial charge is 0.0810 e. The lowest BCUT2D eigenvalue weighted by atomic mass is 9.30. The lowest BCUT2D eigenvalue weighted by molar-refractivity contribution is 0.438. The van der Waals surface area contributed by atoms with Crippen LogP contribution in [0.5, 0.6) is 0 Å². The van der Waals surface area contributed by atoms with Crippen LogP contribution in [-0.2, 0) is 10.7 Å². The lowest BCUT2D eigenvalue weighted by Crippen LogP contribution is -2.45. The molecule has 0 aliphatic rings. The molecule has 0 nitrogen and oxygen atoms in total. The second-order valence-corrected chi connectivity index (χ2v) is 8.61. The highest BCUT2D eigenvalue weighted by Crippen LogP contribution is 2.37. The second-order valence-electron chi connectivity index (χ2n) is 8.61. The number of benzene rings is 2. The average molecular weight is 334 g/mol. The van der Waals surface area contributed by atoms with Gasteiger partial charge in [-0.3, -0.25) is 0 Å². The molecule has 0 radical (unpaired) electrons. The highest BCUT2D eigenvalue weighted by atomic mass is 14.3. The van der Waals surface area contributed by atoms with Crippen LogP contribution in [0.4, 0.5) is 0 Å². The van der Waals surface area contributed by atoms with Crippen LogP contribution in [0.15, 0.2) is 42.5 Å². The third-order valence-corrected chi connectivity index (χ3v) is 6.82. The maximum Gasteiger partial charge on any atom is 0.183 e. The van der Waals surface area contributed by atoms with Crippen LogP contribution < -0.4 is 5.46 Å². The molecule has 0 saturated heterocycles. The standard InChI is InChI=1S/C24H35B/c1-9-24(7,10-2)20-16-18(3)22(19(4)17-20)23(5,6)25(8)21-14-12-11-13-15-21/h11-17H,9-10H2,1-8H3. The van der Waals surface area contributed by atoms with E-state index in [1.807, 2.05) is 0 Å². The second kappa shape index (κ2) is 7.40. The third-order valence-electron chi connectivity index (χ3n) is 6.82. The molecular weight excluding hydrogens is 299 g/mol. The first-order chi connectivity index (χ1) is 11.7. The predicted molar refractivity (Wildman–Crippen MR) is 115 cm³/mol. The Hall–Kier alpha value is -1.50. The Labute approximate surface area is 156 Å². The summed E-state index contributed by atoms with van der Waals surface area (Å²) in [4.78, 5) is 0. The van der Waals surface area contributed by atoms with E-state index in [1.54, 1.807) is 0 Å². The Morgan fingerprint density at radius 3 is 1.76 bits per heavy atom. The van der Waals surface area contributed by atoms with Crippen molar-refractivity contribution in [3.8, 4) is 0 Å². The molecule has 2 aromatic carbocycles. The summed E-state index contributed by atoms with van der Waals surface area (Å²) in [7, 11) is 0. The molecule has 0 amide bonds. The van der Waals surface area contributed by atoms with Gasteiger partial charge >= 0.3 is 0 Å². The number of aryl methyl sites for hydroxylation is 2. The van der Waals surface area contributed by atoms with Crippen LogP contribution in [0.1, 0.15) is 69.7 Å². The van der Waals surface area contributed by atoms with Gasteiger partial charge in [0.05, 0.1) is 0 Å². The van der Waals surface area contributed by atoms with Gasteiger partial charge in [0.1, 0.15) is 0 Å². The van der Waals surface area contributed by atoms with E-state index in [4.69, 9.17) is 0 Å². The maximum absolute atomic E-state index is 2.45. The molecule has 0 spiro atoms. The largest absolute Gasteiger partial charge is 0.183 e. The third kappa shape index (κ3) is 3.71. The Morgan fingerprint density at radius 2 is 1.32 bits per heavy atom. The molecule has 0 bridgehead atoms. The van der Waals surface area contributed by atoms with Gasteiger partial charge in [0.15, 0.2) is 6.71 Å². The predicted octanol–water partition coefficient (Wildman–Crippen LogP) is 6.23. The van der Waals surface area contributed by atoms with Gasteiger partial charge in [-0.15, -0.1) is 0 Å². The van der Waals surface area contributed by atoms with E-state index >= 15 is 0 Å². The van der Waals surface area contributed by atoms with Gasteiger partial charge in [0.2, 0.25) is 0 Å². The summed E-state index contributed by atoms with van der Waals surface area (Å²) in [5.41, 5.74) is 7.60. The Balaban J connectivity index is 2.52. The molecule has 0 fully saturated rings. The molecule has 0 unspecified atom stereocenters. The molecule has 0 aliphatic heterocycles. The minimum atomic E-state index is 0.100. The fourth-order valence-corrected chi connectivity index (χ4v) is 4.36. The van der Waals surface area contributed by atoms with Gasteiger partial charge in [-0.25, -0.2) is 0 Å². The Bertz CT molecular complexity index is 685. The van der Waals surface area contributed by atoms with Crippen molar-refractivity contribution in [1.29, 1.82) is 0 Å². The van der Waals surface area contributed by atoms with Gasteiger partial charge in [-0.1, -0.05) is 89.4 Å². The lowest BCUT2D eigenvalue weighted by Gasteiger charge is -2.36. The first-order valence-corrected chi connectivity index (χ1v) is 9.84. The summed E-state index contributed by atoms with van der Waals surface area (Å²) in [5.74, 6) is 0. The number of hydrogen-bond acceptors (Lipinski definition) is 0. The quantitative estimate of drug-likeness (QED) is 0.549. The first-order valence-electron chi connectivity index (χ1n) is 9.84. The van der Waals surface area contributed by atoms with Gasteiger partial charge in [0, 0.05) is 0 Å². The van der Waals surface area contributed by atoms with Gasteiger partial charge in [-0.05, 0) is 59.7 Å². The molecule has 0 aromatic heterocycles. The van der Waals surface area contributed by atoms with Crippen molar-refractivity contribution < 1.29 is 0 Å². The zero-order valence-corrected chi connectivity index (χ0v) is 17.5. The topological polar surface area (TPSA) is 0 Å². The molecule has 0 N–H and O–H groups in total. The van der Waals surface area contributed by atoms with Crippen LogP contribution in [-0.4, -0.2) is 6.71 Å². The SMILES string of the molecule is CCC(C)(CC)c1cc(C)c(C(C)(C)B(C)c2ccccc2)c(C)c1. The number of hydrogen-bond donors (Lipinski definition) is 0. The fraction of sp³-hybridized carbons (Fsp3) is 0.500. The van der Waals surface area contributed by atoms with Crippen molar-refractivity contribution in [3.63, 3.8) is 0 Å². The summed E-state index contributed by atoms with van der Waals surface area (Å²) in [6.45, 7) is 19.3. The van der Waals surface area contributed by atoms with E-state index in [-0.39, 0.29) is 10.7 Å². The van der Waals surface area contributed by atoms with Crippen molar-refractivity contribution in [1.82, 2.24) is 0 Å². The van der Waals surface area contributed by atoms with Crippen molar-refractivity contribution in [3.05, 3.63) is 64.7 Å². The highest BCUT2D eigenvalue weighted by Gasteiger charge is 2.35. The van der Waals surface area contributed by atoms with E-state index in [0.717, 1.165) is 0 Å². The molecular formula is C24H35B. The van der Waals surface area contributed by atoms with Crippen LogP contribution in [0.2, 0.25) is 6.82 Å². The molecule has 2 rings (SSSR count). The van der Waals surface area contributed by atoms with Crippen molar-refractivity contribution in [2.45, 2.75) is 78.9 Å². The van der Waals surface area contributed by atoms with Crippen LogP contribution in [0.3, 0.4) is 0 Å².